The van der Waals surface area contributed by atoms with Gasteiger partial charge >= 0.3 is 0 Å². The van der Waals surface area contributed by atoms with Gasteiger partial charge in [0.15, 0.2) is 0 Å². The van der Waals surface area contributed by atoms with E-state index in [1.807, 2.05) is 0 Å². The molecular weight excluding hydrogens is 657 g/mol. The Labute approximate surface area is 352 Å². The van der Waals surface area contributed by atoms with Crippen LogP contribution in [0.25, 0.3) is 120 Å². The van der Waals surface area contributed by atoms with Gasteiger partial charge in [0.1, 0.15) is 22.3 Å². The normalized spacial score (nSPS) is 19.9. The van der Waals surface area contributed by atoms with Crippen molar-refractivity contribution in [3.05, 3.63) is 181 Å². The van der Waals surface area contributed by atoms with Gasteiger partial charge in [-0.25, -0.2) is 0 Å². The van der Waals surface area contributed by atoms with E-state index in [-0.39, 0.29) is 16.2 Å². The van der Waals surface area contributed by atoms with Gasteiger partial charge in [0.2, 0.25) is 0 Å². The number of benzene rings is 10. The fourth-order valence-corrected chi connectivity index (χ4v) is 6.96. The largest absolute Gasteiger partial charge is 0.456 e. The third kappa shape index (κ3) is 4.17. The molecule has 0 radical (unpaired) electrons. The number of rotatable bonds is 3. The van der Waals surface area contributed by atoms with Crippen molar-refractivity contribution in [2.75, 3.05) is 0 Å². The van der Waals surface area contributed by atoms with Gasteiger partial charge in [-0.2, -0.15) is 0 Å². The molecule has 0 N–H and O–H groups in total. The summed E-state index contributed by atoms with van der Waals surface area (Å²) in [6.45, 7) is 0. The van der Waals surface area contributed by atoms with Crippen molar-refractivity contribution in [1.82, 2.24) is 0 Å². The molecule has 54 heavy (non-hydrogen) atoms. The fraction of sp³-hybridized carbons (Fsp3) is 0. The Bertz CT molecular complexity index is 5160. The summed E-state index contributed by atoms with van der Waals surface area (Å²) in [7, 11) is 0. The zero-order valence-electron chi connectivity index (χ0n) is 56.8. The van der Waals surface area contributed by atoms with Crippen LogP contribution < -0.4 is 0 Å². The van der Waals surface area contributed by atoms with Gasteiger partial charge in [0.05, 0.1) is 41.1 Å². The lowest BCUT2D eigenvalue weighted by molar-refractivity contribution is 0.663. The topological polar surface area (TPSA) is 26.3 Å². The molecule has 10 aromatic carbocycles. The molecule has 0 saturated heterocycles. The van der Waals surface area contributed by atoms with E-state index in [9.17, 15) is 17.8 Å². The molecule has 0 aliphatic carbocycles. The molecule has 0 aliphatic heterocycles. The molecule has 2 heteroatoms. The first-order valence-electron chi connectivity index (χ1n) is 31.1. The first kappa shape index (κ1) is 12.8. The van der Waals surface area contributed by atoms with Gasteiger partial charge in [-0.1, -0.05) is 145 Å². The van der Waals surface area contributed by atoms with Gasteiger partial charge in [0.25, 0.3) is 0 Å². The van der Waals surface area contributed by atoms with Crippen LogP contribution in [-0.4, -0.2) is 0 Å². The quantitative estimate of drug-likeness (QED) is 0.170. The molecule has 0 saturated carbocycles. The monoisotopic (exact) mass is 716 g/mol. The molecule has 2 nitrogen and oxygen atoms in total. The molecule has 0 atom stereocenters. The van der Waals surface area contributed by atoms with Crippen molar-refractivity contribution < 1.29 is 50.0 Å². The third-order valence-electron chi connectivity index (χ3n) is 9.21. The summed E-state index contributed by atoms with van der Waals surface area (Å²) in [4.78, 5) is 0. The molecule has 0 bridgehead atoms. The van der Waals surface area contributed by atoms with E-state index in [0.29, 0.717) is 0 Å². The molecule has 0 amide bonds. The van der Waals surface area contributed by atoms with E-state index in [4.69, 9.17) is 32.1 Å². The summed E-state index contributed by atoms with van der Waals surface area (Å²) in [5, 5.41) is -7.18. The van der Waals surface area contributed by atoms with Crippen molar-refractivity contribution in [2.24, 2.45) is 0 Å². The Morgan fingerprint density at radius 1 is 0.296 bits per heavy atom. The highest BCUT2D eigenvalue weighted by Gasteiger charge is 2.20. The average Bonchev–Trinajstić information content (AvgIpc) is 1.00. The zero-order chi connectivity index (χ0) is 61.4. The lowest BCUT2D eigenvalue weighted by Crippen LogP contribution is -1.92. The standard InChI is InChI=1S/C52H30O2/c1-2-14-35-31(11-1)12-9-21-38(35)50-41-17-5-3-15-39(41)49(40-16-4-6-18-42(40)50)34-24-25-37-32(29-34)13-10-20-36(37)33-23-26-44-48(30-33)54-47-28-27-46-51(52(44)47)43-19-7-8-22-45(43)53-46/h1-30H/i1D,2D,3D,4D,5D,6D,7D,8D,9D,10D,11D,12D,13D,14D,15D,16D,17D,18D,19D,20D,21D,22D,23D,24D,25D,26D,27D,28D,29D,30D. The van der Waals surface area contributed by atoms with Crippen LogP contribution in [0.3, 0.4) is 0 Å². The van der Waals surface area contributed by atoms with Crippen molar-refractivity contribution >= 4 is 87.0 Å². The molecule has 250 valence electrons. The first-order valence-corrected chi connectivity index (χ1v) is 16.1. The molecule has 0 aliphatic rings. The molecule has 12 rings (SSSR count). The van der Waals surface area contributed by atoms with E-state index in [2.05, 4.69) is 0 Å². The van der Waals surface area contributed by atoms with E-state index < -0.39 is 285 Å². The highest BCUT2D eigenvalue weighted by atomic mass is 16.3. The van der Waals surface area contributed by atoms with Gasteiger partial charge < -0.3 is 8.83 Å². The van der Waals surface area contributed by atoms with Crippen molar-refractivity contribution in [2.45, 2.75) is 0 Å². The lowest BCUT2D eigenvalue weighted by atomic mass is 9.84. The maximum absolute atomic E-state index is 10.0. The summed E-state index contributed by atoms with van der Waals surface area (Å²) in [5.74, 6) is 0. The summed E-state index contributed by atoms with van der Waals surface area (Å²) < 4.78 is 285. The van der Waals surface area contributed by atoms with Crippen LogP contribution >= 0.6 is 0 Å². The predicted molar refractivity (Wildman–Crippen MR) is 227 cm³/mol. The van der Waals surface area contributed by atoms with Crippen LogP contribution in [-0.2, 0) is 0 Å². The molecule has 2 aromatic heterocycles. The Balaban J connectivity index is 1.28. The Kier molecular flexibility index (Phi) is 2.64. The second-order valence-electron chi connectivity index (χ2n) is 12.0. The minimum Gasteiger partial charge on any atom is -0.456 e. The second kappa shape index (κ2) is 11.2. The number of hydrogen-bond acceptors (Lipinski definition) is 2. The molecule has 0 spiro atoms. The van der Waals surface area contributed by atoms with Crippen LogP contribution in [0.2, 0.25) is 0 Å². The maximum Gasteiger partial charge on any atom is 0.136 e. The predicted octanol–water partition coefficient (Wildman–Crippen LogP) is 15.1. The van der Waals surface area contributed by atoms with Crippen molar-refractivity contribution in [1.29, 1.82) is 0 Å². The van der Waals surface area contributed by atoms with Crippen LogP contribution in [0.5, 0.6) is 0 Å². The minimum atomic E-state index is -1.12. The molecule has 0 fully saturated rings. The van der Waals surface area contributed by atoms with E-state index in [0.717, 1.165) is 0 Å². The minimum absolute atomic E-state index is 0.236. The van der Waals surface area contributed by atoms with Gasteiger partial charge in [-0.15, -0.1) is 0 Å². The number of hydrogen-bond donors (Lipinski definition) is 0. The molecular formula is C52H30O2. The SMILES string of the molecule is [2H]c1c([2H])c([2H])c2c(oc3c([2H])c([2H])c4oc5c([2H])c(-c6c([2H])c([2H])c([2H])c7c([2H])c(-c8c9c([2H])c([2H])c([2H])c([2H])c9c(-c9c([2H])c([2H])c([2H])c%10c([2H])c([2H])c([2H])c([2H])c9%10)c9c([2H])c([2H])c([2H])c([2H])c89)c([2H])c([2H])c67)c([2H])c([2H])c5c4c32)c1[2H]. The van der Waals surface area contributed by atoms with Gasteiger partial charge in [-0.3, -0.25) is 0 Å². The average molecular weight is 717 g/mol. The maximum atomic E-state index is 10.0. The van der Waals surface area contributed by atoms with Crippen molar-refractivity contribution in [3.8, 4) is 33.4 Å². The smallest absolute Gasteiger partial charge is 0.136 e. The van der Waals surface area contributed by atoms with Crippen LogP contribution in [0.1, 0.15) is 41.1 Å². The highest BCUT2D eigenvalue weighted by molar-refractivity contribution is 6.26. The summed E-state index contributed by atoms with van der Waals surface area (Å²) in [5.41, 5.74) is -6.68. The van der Waals surface area contributed by atoms with E-state index >= 15 is 0 Å². The molecule has 0 unspecified atom stereocenters. The molecule has 12 aromatic rings. The zero-order valence-corrected chi connectivity index (χ0v) is 26.8. The second-order valence-corrected chi connectivity index (χ2v) is 12.0. The summed E-state index contributed by atoms with van der Waals surface area (Å²) in [6.07, 6.45) is 0. The fourth-order valence-electron chi connectivity index (χ4n) is 6.96. The lowest BCUT2D eigenvalue weighted by Gasteiger charge is -2.19. The Morgan fingerprint density at radius 2 is 0.796 bits per heavy atom. The Morgan fingerprint density at radius 3 is 1.54 bits per heavy atom. The number of furan rings is 2. The van der Waals surface area contributed by atoms with E-state index in [1.165, 1.54) is 0 Å². The third-order valence-corrected chi connectivity index (χ3v) is 9.21. The first-order chi connectivity index (χ1) is 39.3. The number of para-hydroxylation sites is 1. The van der Waals surface area contributed by atoms with Crippen LogP contribution in [0, 0.1) is 0 Å². The van der Waals surface area contributed by atoms with Crippen LogP contribution in [0.15, 0.2) is 190 Å². The molecule has 2 heterocycles. The summed E-state index contributed by atoms with van der Waals surface area (Å²) in [6, 6.07) is -27.7. The van der Waals surface area contributed by atoms with Gasteiger partial charge in [0, 0.05) is 21.5 Å². The number of fused-ring (bicyclic) bond motifs is 11. The summed E-state index contributed by atoms with van der Waals surface area (Å²) >= 11 is 0. The Hall–Kier alpha value is -7.16. The van der Waals surface area contributed by atoms with Gasteiger partial charge in [-0.05, 0) is 113 Å². The highest BCUT2D eigenvalue weighted by Crippen LogP contribution is 2.46. The van der Waals surface area contributed by atoms with Crippen LogP contribution in [0.4, 0.5) is 0 Å². The van der Waals surface area contributed by atoms with E-state index in [1.54, 1.807) is 0 Å². The van der Waals surface area contributed by atoms with Crippen molar-refractivity contribution in [3.63, 3.8) is 0 Å².